The maximum absolute atomic E-state index is 11.0. The van der Waals surface area contributed by atoms with E-state index < -0.39 is 9.85 Å². The molecule has 0 heterocycles. The van der Waals surface area contributed by atoms with Gasteiger partial charge in [0.15, 0.2) is 0 Å². The second kappa shape index (κ2) is 13.1. The SMILES string of the molecule is C[C@H]1CC[C@@H](C2CCC(c3ccc(Oc4ccc([N+](=O)[O-])cc4)cc3)(c3ccc(Oc4ccc([N+](=O)[O-])cc4)cc3)CC2)CC1. The molecule has 0 N–H and O–H groups in total. The molecule has 45 heavy (non-hydrogen) atoms. The summed E-state index contributed by atoms with van der Waals surface area (Å²) in [6.07, 6.45) is 9.91. The van der Waals surface area contributed by atoms with Gasteiger partial charge in [0.2, 0.25) is 0 Å². The molecule has 4 aromatic carbocycles. The number of non-ortho nitro benzene ring substituents is 2. The van der Waals surface area contributed by atoms with Gasteiger partial charge >= 0.3 is 0 Å². The average Bonchev–Trinajstić information content (AvgIpc) is 3.06. The molecule has 0 saturated heterocycles. The number of rotatable bonds is 9. The Labute approximate surface area is 263 Å². The normalized spacial score (nSPS) is 19.8. The van der Waals surface area contributed by atoms with Gasteiger partial charge in [0, 0.05) is 29.7 Å². The van der Waals surface area contributed by atoms with E-state index >= 15 is 0 Å². The molecule has 0 spiro atoms. The second-order valence-corrected chi connectivity index (χ2v) is 12.7. The van der Waals surface area contributed by atoms with Gasteiger partial charge in [-0.05, 0) is 116 Å². The van der Waals surface area contributed by atoms with E-state index in [0.29, 0.717) is 23.0 Å². The van der Waals surface area contributed by atoms with Crippen LogP contribution in [-0.4, -0.2) is 9.85 Å². The Morgan fingerprint density at radius 2 is 0.867 bits per heavy atom. The van der Waals surface area contributed by atoms with E-state index in [2.05, 4.69) is 31.2 Å². The topological polar surface area (TPSA) is 105 Å². The number of nitro benzene ring substituents is 2. The van der Waals surface area contributed by atoms with Crippen molar-refractivity contribution in [2.75, 3.05) is 0 Å². The third kappa shape index (κ3) is 6.85. The summed E-state index contributed by atoms with van der Waals surface area (Å²) in [4.78, 5) is 21.2. The number of hydrogen-bond acceptors (Lipinski definition) is 6. The van der Waals surface area contributed by atoms with Crippen molar-refractivity contribution in [2.24, 2.45) is 17.8 Å². The molecule has 0 unspecified atom stereocenters. The first-order valence-electron chi connectivity index (χ1n) is 15.8. The highest BCUT2D eigenvalue weighted by atomic mass is 16.6. The molecule has 0 atom stereocenters. The number of nitrogens with zero attached hydrogens (tertiary/aromatic N) is 2. The maximum Gasteiger partial charge on any atom is 0.269 e. The van der Waals surface area contributed by atoms with Crippen LogP contribution >= 0.6 is 0 Å². The smallest absolute Gasteiger partial charge is 0.269 e. The van der Waals surface area contributed by atoms with Gasteiger partial charge in [-0.3, -0.25) is 20.2 Å². The highest BCUT2D eigenvalue weighted by molar-refractivity contribution is 5.46. The number of nitro groups is 2. The van der Waals surface area contributed by atoms with Crippen molar-refractivity contribution >= 4 is 11.4 Å². The minimum atomic E-state index is -0.421. The zero-order valence-electron chi connectivity index (χ0n) is 25.5. The molecule has 6 rings (SSSR count). The van der Waals surface area contributed by atoms with Gasteiger partial charge in [-0.15, -0.1) is 0 Å². The summed E-state index contributed by atoms with van der Waals surface area (Å²) in [5.41, 5.74) is 2.41. The van der Waals surface area contributed by atoms with E-state index in [0.717, 1.165) is 30.6 Å². The lowest BCUT2D eigenvalue weighted by atomic mass is 9.60. The molecular formula is C37H38N2O6. The number of ether oxygens (including phenoxy) is 2. The number of benzene rings is 4. The fourth-order valence-corrected chi connectivity index (χ4v) is 7.33. The molecule has 0 amide bonds. The van der Waals surface area contributed by atoms with Crippen molar-refractivity contribution in [1.29, 1.82) is 0 Å². The first-order chi connectivity index (χ1) is 21.8. The molecule has 2 saturated carbocycles. The molecule has 8 heteroatoms. The molecular weight excluding hydrogens is 568 g/mol. The minimum Gasteiger partial charge on any atom is -0.457 e. The van der Waals surface area contributed by atoms with Crippen molar-refractivity contribution in [3.8, 4) is 23.0 Å². The standard InChI is InChI=1S/C37H38N2O6/c1-26-2-4-27(5-3-26)28-22-24-37(25-23-28,29-6-14-33(15-7-29)44-35-18-10-31(11-19-35)38(40)41)30-8-16-34(17-9-30)45-36-20-12-32(13-21-36)39(42)43/h6-21,26-28H,2-5,22-25H2,1H3/t26-,27+. The van der Waals surface area contributed by atoms with Gasteiger partial charge in [-0.2, -0.15) is 0 Å². The molecule has 8 nitrogen and oxygen atoms in total. The van der Waals surface area contributed by atoms with E-state index in [4.69, 9.17) is 9.47 Å². The Balaban J connectivity index is 1.22. The fourth-order valence-electron chi connectivity index (χ4n) is 7.33. The molecule has 2 aliphatic carbocycles. The van der Waals surface area contributed by atoms with E-state index in [1.54, 1.807) is 24.3 Å². The molecule has 4 aromatic rings. The van der Waals surface area contributed by atoms with E-state index in [-0.39, 0.29) is 16.8 Å². The summed E-state index contributed by atoms with van der Waals surface area (Å²) >= 11 is 0. The van der Waals surface area contributed by atoms with Gasteiger partial charge in [0.25, 0.3) is 11.4 Å². The van der Waals surface area contributed by atoms with Crippen LogP contribution in [0.2, 0.25) is 0 Å². The molecule has 0 aromatic heterocycles. The highest BCUT2D eigenvalue weighted by Crippen LogP contribution is 2.50. The molecule has 2 aliphatic rings. The largest absolute Gasteiger partial charge is 0.457 e. The Morgan fingerprint density at radius 3 is 1.22 bits per heavy atom. The third-order valence-electron chi connectivity index (χ3n) is 9.99. The third-order valence-corrected chi connectivity index (χ3v) is 9.99. The van der Waals surface area contributed by atoms with E-state index in [1.165, 1.54) is 73.9 Å². The fraction of sp³-hybridized carbons (Fsp3) is 0.351. The quantitative estimate of drug-likeness (QED) is 0.139. The lowest BCUT2D eigenvalue weighted by molar-refractivity contribution is -0.385. The molecule has 2 fully saturated rings. The Bertz CT molecular complexity index is 1500. The zero-order chi connectivity index (χ0) is 31.4. The van der Waals surface area contributed by atoms with Gasteiger partial charge in [-0.1, -0.05) is 44.0 Å². The minimum absolute atomic E-state index is 0.0298. The summed E-state index contributed by atoms with van der Waals surface area (Å²) in [6.45, 7) is 2.38. The Kier molecular flexibility index (Phi) is 8.83. The van der Waals surface area contributed by atoms with Crippen LogP contribution in [-0.2, 0) is 5.41 Å². The Morgan fingerprint density at radius 1 is 0.533 bits per heavy atom. The lowest BCUT2D eigenvalue weighted by Crippen LogP contribution is -2.35. The summed E-state index contributed by atoms with van der Waals surface area (Å²) in [6, 6.07) is 28.8. The first kappa shape index (κ1) is 30.3. The van der Waals surface area contributed by atoms with Gasteiger partial charge in [0.1, 0.15) is 23.0 Å². The number of hydrogen-bond donors (Lipinski definition) is 0. The summed E-state index contributed by atoms with van der Waals surface area (Å²) in [5, 5.41) is 22.0. The van der Waals surface area contributed by atoms with E-state index in [9.17, 15) is 20.2 Å². The summed E-state index contributed by atoms with van der Waals surface area (Å²) < 4.78 is 12.0. The van der Waals surface area contributed by atoms with Crippen molar-refractivity contribution in [3.05, 3.63) is 128 Å². The zero-order valence-corrected chi connectivity index (χ0v) is 25.5. The lowest BCUT2D eigenvalue weighted by Gasteiger charge is -2.44. The van der Waals surface area contributed by atoms with E-state index in [1.807, 2.05) is 24.3 Å². The second-order valence-electron chi connectivity index (χ2n) is 12.7. The molecule has 0 aliphatic heterocycles. The Hall–Kier alpha value is -4.72. The van der Waals surface area contributed by atoms with Gasteiger partial charge in [0.05, 0.1) is 9.85 Å². The van der Waals surface area contributed by atoms with Crippen molar-refractivity contribution in [2.45, 2.75) is 63.7 Å². The molecule has 0 radical (unpaired) electrons. The summed E-state index contributed by atoms with van der Waals surface area (Å²) in [5.74, 6) is 4.90. The van der Waals surface area contributed by atoms with Crippen molar-refractivity contribution in [3.63, 3.8) is 0 Å². The monoisotopic (exact) mass is 606 g/mol. The van der Waals surface area contributed by atoms with Crippen LogP contribution in [0, 0.1) is 38.0 Å². The van der Waals surface area contributed by atoms with Crippen molar-refractivity contribution in [1.82, 2.24) is 0 Å². The predicted octanol–water partition coefficient (Wildman–Crippen LogP) is 10.4. The average molecular weight is 607 g/mol. The van der Waals surface area contributed by atoms with Crippen LogP contribution in [0.4, 0.5) is 11.4 Å². The first-order valence-corrected chi connectivity index (χ1v) is 15.8. The van der Waals surface area contributed by atoms with Crippen LogP contribution < -0.4 is 9.47 Å². The van der Waals surface area contributed by atoms with Gasteiger partial charge in [-0.25, -0.2) is 0 Å². The maximum atomic E-state index is 11.0. The van der Waals surface area contributed by atoms with Crippen LogP contribution in [0.1, 0.15) is 69.4 Å². The van der Waals surface area contributed by atoms with Crippen LogP contribution in [0.25, 0.3) is 0 Å². The summed E-state index contributed by atoms with van der Waals surface area (Å²) in [7, 11) is 0. The molecule has 232 valence electrons. The van der Waals surface area contributed by atoms with Crippen LogP contribution in [0.5, 0.6) is 23.0 Å². The molecule has 0 bridgehead atoms. The van der Waals surface area contributed by atoms with Crippen LogP contribution in [0.15, 0.2) is 97.1 Å². The van der Waals surface area contributed by atoms with Crippen LogP contribution in [0.3, 0.4) is 0 Å². The van der Waals surface area contributed by atoms with Gasteiger partial charge < -0.3 is 9.47 Å². The predicted molar refractivity (Wildman–Crippen MR) is 173 cm³/mol. The highest BCUT2D eigenvalue weighted by Gasteiger charge is 2.40. The van der Waals surface area contributed by atoms with Crippen molar-refractivity contribution < 1.29 is 19.3 Å².